The maximum Gasteiger partial charge on any atom is 0.239 e. The minimum Gasteiger partial charge on any atom is -0.508 e. The van der Waals surface area contributed by atoms with Crippen LogP contribution in [0, 0.1) is 0 Å². The Labute approximate surface area is 245 Å². The van der Waals surface area contributed by atoms with E-state index in [1.54, 1.807) is 24.3 Å². The second-order valence-electron chi connectivity index (χ2n) is 10.5. The molecule has 0 saturated heterocycles. The molecule has 6 rings (SSSR count). The van der Waals surface area contributed by atoms with Crippen molar-refractivity contribution in [2.45, 2.75) is 0 Å². The van der Waals surface area contributed by atoms with Gasteiger partial charge in [-0.15, -0.1) is 0 Å². The lowest BCUT2D eigenvalue weighted by Gasteiger charge is -2.33. The van der Waals surface area contributed by atoms with Crippen molar-refractivity contribution in [2.75, 3.05) is 62.7 Å². The van der Waals surface area contributed by atoms with Gasteiger partial charge in [-0.05, 0) is 72.8 Å². The first-order chi connectivity index (χ1) is 20.2. The van der Waals surface area contributed by atoms with Gasteiger partial charge in [0.2, 0.25) is 11.9 Å². The molecule has 0 unspecified atom stereocenters. The fraction of sp³-hybridized carbons (Fsp3) is 0.188. The van der Waals surface area contributed by atoms with Crippen LogP contribution in [0.4, 0.5) is 22.7 Å². The first-order valence-corrected chi connectivity index (χ1v) is 13.6. The third-order valence-corrected chi connectivity index (χ3v) is 7.34. The Morgan fingerprint density at radius 3 is 1.88 bits per heavy atom. The molecule has 3 aliphatic rings. The molecule has 0 aliphatic carbocycles. The van der Waals surface area contributed by atoms with Crippen LogP contribution in [0.2, 0.25) is 0 Å². The molecule has 0 fully saturated rings. The van der Waals surface area contributed by atoms with Crippen LogP contribution in [-0.4, -0.2) is 75.8 Å². The van der Waals surface area contributed by atoms with Gasteiger partial charge in [0.05, 0.1) is 17.1 Å². The number of rotatable bonds is 7. The summed E-state index contributed by atoms with van der Waals surface area (Å²) >= 11 is 0. The van der Waals surface area contributed by atoms with Crippen LogP contribution in [0.1, 0.15) is 16.7 Å². The number of phenols is 1. The van der Waals surface area contributed by atoms with E-state index in [1.165, 1.54) is 0 Å². The molecule has 3 heterocycles. The Hall–Kier alpha value is -5.38. The zero-order valence-corrected chi connectivity index (χ0v) is 24.5. The smallest absolute Gasteiger partial charge is 0.239 e. The summed E-state index contributed by atoms with van der Waals surface area (Å²) in [5.41, 5.74) is 9.16. The van der Waals surface area contributed by atoms with Crippen LogP contribution in [0.25, 0.3) is 5.70 Å². The predicted molar refractivity (Wildman–Crippen MR) is 175 cm³/mol. The Balaban J connectivity index is 1.54. The lowest BCUT2D eigenvalue weighted by molar-refractivity contribution is 0.475. The highest BCUT2D eigenvalue weighted by molar-refractivity contribution is 6.27. The minimum absolute atomic E-state index is 0.175. The van der Waals surface area contributed by atoms with Gasteiger partial charge in [-0.3, -0.25) is 0 Å². The number of aromatic hydroxyl groups is 1. The quantitative estimate of drug-likeness (QED) is 0.384. The Bertz CT molecular complexity index is 1700. The third-order valence-electron chi connectivity index (χ3n) is 7.34. The van der Waals surface area contributed by atoms with E-state index < -0.39 is 0 Å². The summed E-state index contributed by atoms with van der Waals surface area (Å²) in [6.45, 7) is 0. The van der Waals surface area contributed by atoms with E-state index in [4.69, 9.17) is 20.0 Å². The van der Waals surface area contributed by atoms with Crippen LogP contribution in [0.5, 0.6) is 5.75 Å². The SMILES string of the molecule is CNc1cc(N(C)C)ccc1C1=CC2=CC(c3ccc(N(C)C)cc3NC)=NC3=NC(c4ccc(O)cc4)=NC(=N1)N23. The van der Waals surface area contributed by atoms with E-state index in [9.17, 15) is 5.11 Å². The monoisotopic (exact) mass is 559 g/mol. The molecule has 0 amide bonds. The van der Waals surface area contributed by atoms with Crippen molar-refractivity contribution in [3.8, 4) is 5.75 Å². The molecule has 3 aromatic carbocycles. The summed E-state index contributed by atoms with van der Waals surface area (Å²) < 4.78 is 0. The highest BCUT2D eigenvalue weighted by atomic mass is 16.3. The molecule has 0 bridgehead atoms. The van der Waals surface area contributed by atoms with Crippen molar-refractivity contribution < 1.29 is 5.11 Å². The molecule has 42 heavy (non-hydrogen) atoms. The van der Waals surface area contributed by atoms with E-state index in [0.717, 1.165) is 56.5 Å². The summed E-state index contributed by atoms with van der Waals surface area (Å²) in [5, 5.41) is 16.5. The summed E-state index contributed by atoms with van der Waals surface area (Å²) in [6.07, 6.45) is 4.10. The number of anilines is 4. The third kappa shape index (κ3) is 4.77. The molecule has 0 spiro atoms. The zero-order valence-electron chi connectivity index (χ0n) is 24.5. The number of allylic oxidation sites excluding steroid dienone is 2. The number of phenolic OH excluding ortho intramolecular Hbond substituents is 1. The van der Waals surface area contributed by atoms with E-state index in [0.29, 0.717) is 17.8 Å². The van der Waals surface area contributed by atoms with Gasteiger partial charge in [0.15, 0.2) is 5.84 Å². The van der Waals surface area contributed by atoms with Gasteiger partial charge in [-0.2, -0.15) is 9.98 Å². The van der Waals surface area contributed by atoms with Gasteiger partial charge in [0.25, 0.3) is 0 Å². The van der Waals surface area contributed by atoms with Gasteiger partial charge in [-0.25, -0.2) is 14.9 Å². The molecule has 3 aliphatic heterocycles. The number of amidine groups is 1. The Morgan fingerprint density at radius 1 is 0.667 bits per heavy atom. The van der Waals surface area contributed by atoms with Crippen LogP contribution in [0.3, 0.4) is 0 Å². The van der Waals surface area contributed by atoms with Gasteiger partial charge >= 0.3 is 0 Å². The standard InChI is InChI=1S/C32H33N9O/c1-33-26-15-20(39(3)4)9-13-24(26)28-17-22-18-29(25-14-10-21(40(5)6)16-27(25)34-2)36-32-38-30(37-31(35-28)41(22)32)19-7-11-23(42)12-8-19/h7-18,33-34,42H,1-6H3. The highest BCUT2D eigenvalue weighted by Crippen LogP contribution is 2.36. The molecule has 0 radical (unpaired) electrons. The number of aliphatic imine (C=N–C) groups is 4. The fourth-order valence-electron chi connectivity index (χ4n) is 5.01. The zero-order chi connectivity index (χ0) is 29.5. The summed E-state index contributed by atoms with van der Waals surface area (Å²) in [6, 6.07) is 19.3. The predicted octanol–water partition coefficient (Wildman–Crippen LogP) is 4.82. The van der Waals surface area contributed by atoms with Gasteiger partial charge in [-0.1, -0.05) is 0 Å². The normalized spacial score (nSPS) is 15.3. The number of guanidine groups is 2. The van der Waals surface area contributed by atoms with Crippen molar-refractivity contribution in [1.82, 2.24) is 4.90 Å². The number of nitrogens with one attached hydrogen (secondary N) is 2. The lowest BCUT2D eigenvalue weighted by Crippen LogP contribution is -2.42. The Kier molecular flexibility index (Phi) is 6.74. The molecular formula is C32H33N9O. The van der Waals surface area contributed by atoms with E-state index in [1.807, 2.05) is 59.3 Å². The molecule has 0 atom stereocenters. The van der Waals surface area contributed by atoms with Crippen LogP contribution >= 0.6 is 0 Å². The van der Waals surface area contributed by atoms with Gasteiger partial charge in [0.1, 0.15) is 5.75 Å². The molecule has 3 aromatic rings. The van der Waals surface area contributed by atoms with Crippen molar-refractivity contribution in [2.24, 2.45) is 20.0 Å². The first-order valence-electron chi connectivity index (χ1n) is 13.6. The fourth-order valence-corrected chi connectivity index (χ4v) is 5.01. The van der Waals surface area contributed by atoms with Crippen LogP contribution in [-0.2, 0) is 0 Å². The maximum absolute atomic E-state index is 9.85. The molecular weight excluding hydrogens is 526 g/mol. The molecule has 212 valence electrons. The van der Waals surface area contributed by atoms with Crippen molar-refractivity contribution in [3.63, 3.8) is 0 Å². The lowest BCUT2D eigenvalue weighted by atomic mass is 10.0. The summed E-state index contributed by atoms with van der Waals surface area (Å²) in [7, 11) is 11.9. The van der Waals surface area contributed by atoms with E-state index >= 15 is 0 Å². The maximum atomic E-state index is 9.85. The number of hydrogen-bond acceptors (Lipinski definition) is 10. The minimum atomic E-state index is 0.175. The largest absolute Gasteiger partial charge is 0.508 e. The molecule has 10 heteroatoms. The summed E-state index contributed by atoms with van der Waals surface area (Å²) in [5.74, 6) is 1.60. The van der Waals surface area contributed by atoms with Crippen LogP contribution < -0.4 is 20.4 Å². The van der Waals surface area contributed by atoms with Crippen LogP contribution in [0.15, 0.2) is 98.5 Å². The van der Waals surface area contributed by atoms with Crippen molar-refractivity contribution in [3.05, 3.63) is 95.2 Å². The average Bonchev–Trinajstić information content (AvgIpc) is 3.00. The van der Waals surface area contributed by atoms with E-state index in [-0.39, 0.29) is 5.75 Å². The average molecular weight is 560 g/mol. The molecule has 0 saturated carbocycles. The molecule has 3 N–H and O–H groups in total. The van der Waals surface area contributed by atoms with Crippen molar-refractivity contribution in [1.29, 1.82) is 0 Å². The molecule has 0 aromatic heterocycles. The van der Waals surface area contributed by atoms with Gasteiger partial charge in [0, 0.05) is 81.7 Å². The van der Waals surface area contributed by atoms with Gasteiger partial charge < -0.3 is 25.5 Å². The Morgan fingerprint density at radius 2 is 1.26 bits per heavy atom. The number of nitrogens with zero attached hydrogens (tertiary/aromatic N) is 7. The topological polar surface area (TPSA) is 103 Å². The number of benzene rings is 3. The summed E-state index contributed by atoms with van der Waals surface area (Å²) in [4.78, 5) is 25.7. The number of hydrogen-bond donors (Lipinski definition) is 3. The highest BCUT2D eigenvalue weighted by Gasteiger charge is 2.34. The first kappa shape index (κ1) is 26.8. The second kappa shape index (κ2) is 10.5. The van der Waals surface area contributed by atoms with Crippen molar-refractivity contribution >= 4 is 51.9 Å². The second-order valence-corrected chi connectivity index (χ2v) is 10.5. The van der Waals surface area contributed by atoms with E-state index in [2.05, 4.69) is 56.8 Å². The molecule has 10 nitrogen and oxygen atoms in total.